The number of aromatic amines is 2. The molecule has 0 spiro atoms. The molecule has 0 aliphatic heterocycles. The second kappa shape index (κ2) is 9.66. The fraction of sp³-hybridized carbons (Fsp3) is 0.120. The van der Waals surface area contributed by atoms with E-state index >= 15 is 0 Å². The van der Waals surface area contributed by atoms with Gasteiger partial charge in [-0.1, -0.05) is 54.6 Å². The van der Waals surface area contributed by atoms with Crippen LogP contribution in [0.3, 0.4) is 0 Å². The number of imidazole rings is 1. The van der Waals surface area contributed by atoms with Gasteiger partial charge in [0.1, 0.15) is 0 Å². The highest BCUT2D eigenvalue weighted by molar-refractivity contribution is 6.02. The van der Waals surface area contributed by atoms with Gasteiger partial charge in [-0.2, -0.15) is 5.21 Å². The number of nitrogens with one attached hydrogen (secondary N) is 2. The van der Waals surface area contributed by atoms with E-state index in [2.05, 4.69) is 30.3 Å². The smallest absolute Gasteiger partial charge is 0.343 e. The summed E-state index contributed by atoms with van der Waals surface area (Å²) in [5, 5.41) is 14.3. The summed E-state index contributed by atoms with van der Waals surface area (Å²) >= 11 is 0. The molecule has 0 bridgehead atoms. The van der Waals surface area contributed by atoms with Gasteiger partial charge < -0.3 is 14.5 Å². The maximum Gasteiger partial charge on any atom is 0.343 e. The molecular weight excluding hydrogens is 464 g/mol. The van der Waals surface area contributed by atoms with Crippen LogP contribution < -0.4 is 5.69 Å². The van der Waals surface area contributed by atoms with Crippen molar-refractivity contribution in [2.45, 2.75) is 19.8 Å². The van der Waals surface area contributed by atoms with Gasteiger partial charge in [-0.3, -0.25) is 9.36 Å². The summed E-state index contributed by atoms with van der Waals surface area (Å²) in [4.78, 5) is 38.8. The van der Waals surface area contributed by atoms with Crippen LogP contribution in [-0.4, -0.2) is 48.9 Å². The van der Waals surface area contributed by atoms with Crippen LogP contribution in [0.15, 0.2) is 71.5 Å². The van der Waals surface area contributed by atoms with Gasteiger partial charge in [-0.15, -0.1) is 10.2 Å². The zero-order valence-electron chi connectivity index (χ0n) is 19.0. The number of para-hydroxylation sites is 1. The molecule has 5 rings (SSSR count). The molecule has 180 valence electrons. The topological polar surface area (TPSA) is 145 Å². The number of ether oxygens (including phenoxy) is 2. The number of carbonyl (C=O) groups is 2. The molecule has 0 aliphatic carbocycles. The van der Waals surface area contributed by atoms with Crippen LogP contribution in [0.5, 0.6) is 0 Å². The monoisotopic (exact) mass is 484 g/mol. The lowest BCUT2D eigenvalue weighted by atomic mass is 9.98. The number of H-pyrrole nitrogens is 2. The number of aromatic nitrogens is 6. The SMILES string of the molecule is CC(OC=O)OC(=O)c1cccc2[nH]c(=O)n(Cc3ccc(-c4ccccc4-c4nn[nH]n4)cc3)c12. The number of carbonyl (C=O) groups excluding carboxylic acids is 2. The predicted octanol–water partition coefficient (Wildman–Crippen LogP) is 2.90. The third kappa shape index (κ3) is 4.37. The predicted molar refractivity (Wildman–Crippen MR) is 129 cm³/mol. The Morgan fingerprint density at radius 2 is 1.83 bits per heavy atom. The first kappa shape index (κ1) is 22.7. The van der Waals surface area contributed by atoms with E-state index in [-0.39, 0.29) is 24.3 Å². The maximum absolute atomic E-state index is 12.8. The fourth-order valence-corrected chi connectivity index (χ4v) is 4.03. The molecule has 2 N–H and O–H groups in total. The summed E-state index contributed by atoms with van der Waals surface area (Å²) < 4.78 is 11.3. The van der Waals surface area contributed by atoms with Crippen molar-refractivity contribution in [2.24, 2.45) is 0 Å². The molecule has 1 unspecified atom stereocenters. The van der Waals surface area contributed by atoms with Crippen molar-refractivity contribution < 1.29 is 19.1 Å². The molecule has 11 nitrogen and oxygen atoms in total. The summed E-state index contributed by atoms with van der Waals surface area (Å²) in [6.45, 7) is 1.85. The van der Waals surface area contributed by atoms with E-state index in [1.165, 1.54) is 11.5 Å². The van der Waals surface area contributed by atoms with Gasteiger partial charge in [0, 0.05) is 12.5 Å². The van der Waals surface area contributed by atoms with Crippen LogP contribution in [0, 0.1) is 0 Å². The lowest BCUT2D eigenvalue weighted by Crippen LogP contribution is -2.21. The van der Waals surface area contributed by atoms with Gasteiger partial charge in [-0.25, -0.2) is 9.59 Å². The third-order valence-electron chi connectivity index (χ3n) is 5.65. The molecule has 11 heteroatoms. The molecule has 0 saturated carbocycles. The zero-order chi connectivity index (χ0) is 25.1. The highest BCUT2D eigenvalue weighted by atomic mass is 16.7. The first-order chi connectivity index (χ1) is 17.5. The molecule has 3 aromatic carbocycles. The Labute approximate surface area is 203 Å². The van der Waals surface area contributed by atoms with E-state index in [0.29, 0.717) is 16.9 Å². The molecule has 0 aliphatic rings. The van der Waals surface area contributed by atoms with E-state index < -0.39 is 12.3 Å². The fourth-order valence-electron chi connectivity index (χ4n) is 4.03. The first-order valence-corrected chi connectivity index (χ1v) is 11.0. The van der Waals surface area contributed by atoms with E-state index in [4.69, 9.17) is 4.74 Å². The lowest BCUT2D eigenvalue weighted by Gasteiger charge is -2.13. The molecule has 0 saturated heterocycles. The average Bonchev–Trinajstić information content (AvgIpc) is 3.53. The number of rotatable bonds is 8. The Morgan fingerprint density at radius 1 is 1.06 bits per heavy atom. The van der Waals surface area contributed by atoms with Crippen molar-refractivity contribution in [3.05, 3.63) is 88.3 Å². The summed E-state index contributed by atoms with van der Waals surface area (Å²) in [5.74, 6) is -0.219. The molecule has 0 radical (unpaired) electrons. The highest BCUT2D eigenvalue weighted by Crippen LogP contribution is 2.30. The molecule has 0 fully saturated rings. The summed E-state index contributed by atoms with van der Waals surface area (Å²) in [7, 11) is 0. The Kier molecular flexibility index (Phi) is 6.10. The summed E-state index contributed by atoms with van der Waals surface area (Å²) in [6, 6.07) is 20.3. The average molecular weight is 484 g/mol. The quantitative estimate of drug-likeness (QED) is 0.194. The number of esters is 1. The molecule has 5 aromatic rings. The second-order valence-corrected chi connectivity index (χ2v) is 7.90. The van der Waals surface area contributed by atoms with Gasteiger partial charge >= 0.3 is 11.7 Å². The standard InChI is InChI=1S/C25H20N6O5/c1-15(35-14-32)36-24(33)20-7-4-8-21-22(20)31(25(34)26-21)13-16-9-11-17(12-10-16)18-5-2-3-6-19(18)23-27-29-30-28-23/h2-12,14-15H,13H2,1H3,(H,26,34)(H,27,28,29,30). The van der Waals surface area contributed by atoms with Crippen molar-refractivity contribution in [1.29, 1.82) is 0 Å². The van der Waals surface area contributed by atoms with Gasteiger partial charge in [0.05, 0.1) is 23.1 Å². The van der Waals surface area contributed by atoms with Crippen molar-refractivity contribution in [3.8, 4) is 22.5 Å². The number of fused-ring (bicyclic) bond motifs is 1. The summed E-state index contributed by atoms with van der Waals surface area (Å²) in [6.07, 6.45) is -1.06. The molecule has 2 aromatic heterocycles. The van der Waals surface area contributed by atoms with Crippen LogP contribution in [0.1, 0.15) is 22.8 Å². The second-order valence-electron chi connectivity index (χ2n) is 7.90. The number of tetrazole rings is 1. The van der Waals surface area contributed by atoms with Crippen LogP contribution in [0.25, 0.3) is 33.5 Å². The Hall–Kier alpha value is -5.06. The Morgan fingerprint density at radius 3 is 2.56 bits per heavy atom. The largest absolute Gasteiger partial charge is 0.428 e. The normalized spacial score (nSPS) is 11.8. The van der Waals surface area contributed by atoms with E-state index in [9.17, 15) is 14.4 Å². The lowest BCUT2D eigenvalue weighted by molar-refractivity contribution is -0.149. The number of nitrogens with zero attached hydrogens (tertiary/aromatic N) is 4. The van der Waals surface area contributed by atoms with Crippen LogP contribution in [0.4, 0.5) is 0 Å². The zero-order valence-corrected chi connectivity index (χ0v) is 19.0. The van der Waals surface area contributed by atoms with Crippen molar-refractivity contribution in [3.63, 3.8) is 0 Å². The first-order valence-electron chi connectivity index (χ1n) is 11.0. The number of hydrogen-bond donors (Lipinski definition) is 2. The van der Waals surface area contributed by atoms with E-state index in [0.717, 1.165) is 22.3 Å². The molecule has 0 amide bonds. The minimum absolute atomic E-state index is 0.179. The van der Waals surface area contributed by atoms with E-state index in [1.807, 2.05) is 48.5 Å². The minimum atomic E-state index is -1.06. The molecule has 2 heterocycles. The van der Waals surface area contributed by atoms with Crippen molar-refractivity contribution in [1.82, 2.24) is 30.2 Å². The minimum Gasteiger partial charge on any atom is -0.428 e. The van der Waals surface area contributed by atoms with Gasteiger partial charge in [0.15, 0.2) is 0 Å². The van der Waals surface area contributed by atoms with Crippen LogP contribution >= 0.6 is 0 Å². The maximum atomic E-state index is 12.8. The van der Waals surface area contributed by atoms with E-state index in [1.54, 1.807) is 18.2 Å². The molecule has 36 heavy (non-hydrogen) atoms. The van der Waals surface area contributed by atoms with Gasteiger partial charge in [0.25, 0.3) is 6.47 Å². The molecule has 1 atom stereocenters. The number of hydrogen-bond acceptors (Lipinski definition) is 8. The molecular formula is C25H20N6O5. The van der Waals surface area contributed by atoms with Crippen LogP contribution in [0.2, 0.25) is 0 Å². The van der Waals surface area contributed by atoms with Gasteiger partial charge in [0.2, 0.25) is 12.1 Å². The van der Waals surface area contributed by atoms with Gasteiger partial charge in [-0.05, 0) is 34.0 Å². The van der Waals surface area contributed by atoms with Crippen molar-refractivity contribution in [2.75, 3.05) is 0 Å². The van der Waals surface area contributed by atoms with Crippen molar-refractivity contribution >= 4 is 23.5 Å². The summed E-state index contributed by atoms with van der Waals surface area (Å²) in [5.41, 5.74) is 4.26. The van der Waals surface area contributed by atoms with Crippen LogP contribution in [-0.2, 0) is 20.8 Å². The Balaban J connectivity index is 1.46. The third-order valence-corrected chi connectivity index (χ3v) is 5.65. The number of benzene rings is 3. The highest BCUT2D eigenvalue weighted by Gasteiger charge is 2.20. The Bertz CT molecular complexity index is 1590.